The van der Waals surface area contributed by atoms with Gasteiger partial charge in [-0.3, -0.25) is 4.79 Å². The Labute approximate surface area is 142 Å². The zero-order valence-electron chi connectivity index (χ0n) is 12.5. The fourth-order valence-electron chi connectivity index (χ4n) is 2.03. The van der Waals surface area contributed by atoms with Crippen LogP contribution in [0, 0.1) is 19.7 Å². The molecular weight excluding hydrogens is 365 g/mol. The number of aryl methyl sites for hydroxylation is 2. The first-order valence-electron chi connectivity index (χ1n) is 6.84. The van der Waals surface area contributed by atoms with E-state index >= 15 is 0 Å². The van der Waals surface area contributed by atoms with Crippen LogP contribution < -0.4 is 5.32 Å². The molecule has 5 heteroatoms. The molecule has 0 saturated carbocycles. The van der Waals surface area contributed by atoms with Crippen molar-refractivity contribution in [1.82, 2.24) is 0 Å². The van der Waals surface area contributed by atoms with Gasteiger partial charge < -0.3 is 5.32 Å². The highest BCUT2D eigenvalue weighted by molar-refractivity contribution is 9.10. The van der Waals surface area contributed by atoms with Gasteiger partial charge in [0.05, 0.1) is 5.75 Å². The molecule has 0 spiro atoms. The molecule has 0 fully saturated rings. The molecule has 2 nitrogen and oxygen atoms in total. The number of anilines is 1. The lowest BCUT2D eigenvalue weighted by atomic mass is 10.1. The van der Waals surface area contributed by atoms with Crippen LogP contribution >= 0.6 is 27.7 Å². The lowest BCUT2D eigenvalue weighted by Gasteiger charge is -2.09. The Morgan fingerprint density at radius 2 is 2.00 bits per heavy atom. The minimum atomic E-state index is -0.253. The minimum Gasteiger partial charge on any atom is -0.325 e. The lowest BCUT2D eigenvalue weighted by Crippen LogP contribution is -2.15. The third kappa shape index (κ3) is 4.85. The molecule has 22 heavy (non-hydrogen) atoms. The second-order valence-corrected chi connectivity index (χ2v) is 7.00. The third-order valence-corrected chi connectivity index (χ3v) is 4.64. The molecule has 0 radical (unpaired) electrons. The molecule has 0 bridgehead atoms. The molecule has 116 valence electrons. The number of nitrogens with one attached hydrogen (secondary N) is 1. The van der Waals surface area contributed by atoms with Crippen LogP contribution in [0.5, 0.6) is 0 Å². The maximum atomic E-state index is 13.7. The Kier molecular flexibility index (Phi) is 6.03. The largest absolute Gasteiger partial charge is 0.325 e. The summed E-state index contributed by atoms with van der Waals surface area (Å²) in [6.07, 6.45) is 0. The van der Waals surface area contributed by atoms with E-state index < -0.39 is 0 Å². The van der Waals surface area contributed by atoms with Gasteiger partial charge in [-0.25, -0.2) is 4.39 Å². The maximum Gasteiger partial charge on any atom is 0.234 e. The highest BCUT2D eigenvalue weighted by atomic mass is 79.9. The molecule has 0 aromatic heterocycles. The van der Waals surface area contributed by atoms with Gasteiger partial charge in [0.1, 0.15) is 5.82 Å². The van der Waals surface area contributed by atoms with Crippen molar-refractivity contribution in [2.24, 2.45) is 0 Å². The summed E-state index contributed by atoms with van der Waals surface area (Å²) < 4.78 is 14.4. The smallest absolute Gasteiger partial charge is 0.234 e. The summed E-state index contributed by atoms with van der Waals surface area (Å²) in [6, 6.07) is 10.9. The number of thioether (sulfide) groups is 1. The third-order valence-electron chi connectivity index (χ3n) is 3.16. The quantitative estimate of drug-likeness (QED) is 0.782. The fraction of sp³-hybridized carbons (Fsp3) is 0.235. The first-order valence-corrected chi connectivity index (χ1v) is 8.79. The predicted molar refractivity (Wildman–Crippen MR) is 94.8 cm³/mol. The Morgan fingerprint density at radius 3 is 2.68 bits per heavy atom. The van der Waals surface area contributed by atoms with Gasteiger partial charge in [0.15, 0.2) is 0 Å². The number of halogens is 2. The van der Waals surface area contributed by atoms with E-state index in [1.165, 1.54) is 17.8 Å². The summed E-state index contributed by atoms with van der Waals surface area (Å²) in [6.45, 7) is 3.98. The van der Waals surface area contributed by atoms with Gasteiger partial charge in [0.25, 0.3) is 0 Å². The molecule has 0 saturated heterocycles. The van der Waals surface area contributed by atoms with Crippen molar-refractivity contribution in [3.8, 4) is 0 Å². The number of carbonyl (C=O) groups excluding carboxylic acids is 1. The molecule has 0 aliphatic rings. The van der Waals surface area contributed by atoms with Crippen molar-refractivity contribution < 1.29 is 9.18 Å². The Bertz CT molecular complexity index is 690. The summed E-state index contributed by atoms with van der Waals surface area (Å²) in [7, 11) is 0. The number of rotatable bonds is 5. The van der Waals surface area contributed by atoms with E-state index in [1.54, 1.807) is 12.1 Å². The van der Waals surface area contributed by atoms with Crippen LogP contribution in [0.3, 0.4) is 0 Å². The van der Waals surface area contributed by atoms with Crippen LogP contribution in [0.25, 0.3) is 0 Å². The number of benzene rings is 2. The van der Waals surface area contributed by atoms with Crippen LogP contribution in [0.2, 0.25) is 0 Å². The van der Waals surface area contributed by atoms with Crippen LogP contribution in [-0.2, 0) is 10.5 Å². The molecule has 2 aromatic carbocycles. The first-order chi connectivity index (χ1) is 10.5. The normalized spacial score (nSPS) is 10.5. The second-order valence-electron chi connectivity index (χ2n) is 5.10. The minimum absolute atomic E-state index is 0.0746. The van der Waals surface area contributed by atoms with E-state index in [-0.39, 0.29) is 11.7 Å². The zero-order valence-corrected chi connectivity index (χ0v) is 14.9. The zero-order chi connectivity index (χ0) is 16.1. The second kappa shape index (κ2) is 7.79. The van der Waals surface area contributed by atoms with Gasteiger partial charge >= 0.3 is 0 Å². The van der Waals surface area contributed by atoms with E-state index in [1.807, 2.05) is 32.0 Å². The molecule has 1 N–H and O–H groups in total. The summed E-state index contributed by atoms with van der Waals surface area (Å²) in [5, 5.41) is 2.89. The lowest BCUT2D eigenvalue weighted by molar-refractivity contribution is -0.113. The van der Waals surface area contributed by atoms with E-state index in [9.17, 15) is 9.18 Å². The van der Waals surface area contributed by atoms with Crippen LogP contribution in [0.1, 0.15) is 16.7 Å². The first kappa shape index (κ1) is 17.0. The number of amides is 1. The van der Waals surface area contributed by atoms with Gasteiger partial charge in [-0.2, -0.15) is 0 Å². The molecule has 0 aliphatic carbocycles. The van der Waals surface area contributed by atoms with E-state index in [0.29, 0.717) is 21.5 Å². The molecule has 0 unspecified atom stereocenters. The van der Waals surface area contributed by atoms with Crippen molar-refractivity contribution in [1.29, 1.82) is 0 Å². The fourth-order valence-corrected chi connectivity index (χ4v) is 3.18. The molecule has 2 aromatic rings. The monoisotopic (exact) mass is 381 g/mol. The van der Waals surface area contributed by atoms with E-state index in [4.69, 9.17) is 0 Å². The van der Waals surface area contributed by atoms with E-state index in [2.05, 4.69) is 21.2 Å². The van der Waals surface area contributed by atoms with Crippen molar-refractivity contribution in [2.45, 2.75) is 19.6 Å². The highest BCUT2D eigenvalue weighted by Gasteiger charge is 2.07. The number of carbonyl (C=O) groups is 1. The molecule has 0 aliphatic heterocycles. The highest BCUT2D eigenvalue weighted by Crippen LogP contribution is 2.20. The van der Waals surface area contributed by atoms with Gasteiger partial charge in [-0.1, -0.05) is 39.7 Å². The van der Waals surface area contributed by atoms with Crippen LogP contribution in [-0.4, -0.2) is 11.7 Å². The standard InChI is InChI=1S/C17H17BrFNOS/c1-11-3-6-16(12(2)7-11)20-17(21)10-22-9-13-4-5-14(18)8-15(13)19/h3-8H,9-10H2,1-2H3,(H,20,21). The Hall–Kier alpha value is -1.33. The summed E-state index contributed by atoms with van der Waals surface area (Å²) in [5.74, 6) is 0.438. The number of hydrogen-bond acceptors (Lipinski definition) is 2. The van der Waals surface area contributed by atoms with Crippen molar-refractivity contribution in [3.63, 3.8) is 0 Å². The van der Waals surface area contributed by atoms with Gasteiger partial charge in [-0.15, -0.1) is 11.8 Å². The van der Waals surface area contributed by atoms with Crippen LogP contribution in [0.15, 0.2) is 40.9 Å². The summed E-state index contributed by atoms with van der Waals surface area (Å²) in [4.78, 5) is 11.9. The van der Waals surface area contributed by atoms with Gasteiger partial charge in [0.2, 0.25) is 5.91 Å². The molecular formula is C17H17BrFNOS. The Balaban J connectivity index is 1.85. The average molecular weight is 382 g/mol. The Morgan fingerprint density at radius 1 is 1.23 bits per heavy atom. The summed E-state index contributed by atoms with van der Waals surface area (Å²) in [5.41, 5.74) is 3.63. The van der Waals surface area contributed by atoms with Crippen molar-refractivity contribution in [2.75, 3.05) is 11.1 Å². The predicted octanol–water partition coefficient (Wildman–Crippen LogP) is 5.08. The maximum absolute atomic E-state index is 13.7. The molecule has 2 rings (SSSR count). The van der Waals surface area contributed by atoms with E-state index in [0.717, 1.165) is 16.8 Å². The molecule has 1 amide bonds. The molecule has 0 atom stereocenters. The van der Waals surface area contributed by atoms with Crippen molar-refractivity contribution in [3.05, 3.63) is 63.4 Å². The number of hydrogen-bond donors (Lipinski definition) is 1. The van der Waals surface area contributed by atoms with Crippen LogP contribution in [0.4, 0.5) is 10.1 Å². The molecule has 0 heterocycles. The SMILES string of the molecule is Cc1ccc(NC(=O)CSCc2ccc(Br)cc2F)c(C)c1. The average Bonchev–Trinajstić information content (AvgIpc) is 2.44. The van der Waals surface area contributed by atoms with Crippen molar-refractivity contribution >= 4 is 39.3 Å². The summed E-state index contributed by atoms with van der Waals surface area (Å²) >= 11 is 4.62. The van der Waals surface area contributed by atoms with Gasteiger partial charge in [-0.05, 0) is 43.2 Å². The van der Waals surface area contributed by atoms with Gasteiger partial charge in [0, 0.05) is 15.9 Å². The topological polar surface area (TPSA) is 29.1 Å².